The van der Waals surface area contributed by atoms with Crippen LogP contribution in [0.5, 0.6) is 0 Å². The predicted octanol–water partition coefficient (Wildman–Crippen LogP) is 12.1. The van der Waals surface area contributed by atoms with Crippen LogP contribution in [-0.4, -0.2) is 73.4 Å². The second-order valence-corrected chi connectivity index (χ2v) is 17.9. The first-order valence-corrected chi connectivity index (χ1v) is 23.7. The van der Waals surface area contributed by atoms with Crippen molar-refractivity contribution < 1.29 is 32.9 Å². The van der Waals surface area contributed by atoms with Gasteiger partial charge in [-0.2, -0.15) is 0 Å². The summed E-state index contributed by atoms with van der Waals surface area (Å²) in [7, 11) is 1.57. The summed E-state index contributed by atoms with van der Waals surface area (Å²) in [6.45, 7) is 4.80. The summed E-state index contributed by atoms with van der Waals surface area (Å²) in [4.78, 5) is 23.1. The van der Waals surface area contributed by atoms with E-state index < -0.39 is 20.0 Å². The lowest BCUT2D eigenvalue weighted by atomic mass is 10.1. The van der Waals surface area contributed by atoms with Gasteiger partial charge in [-0.1, -0.05) is 173 Å². The zero-order valence-electron chi connectivity index (χ0n) is 35.5. The molecule has 0 spiro atoms. The Labute approximate surface area is 328 Å². The third kappa shape index (κ3) is 39.0. The summed E-state index contributed by atoms with van der Waals surface area (Å²) in [5, 5.41) is 13.8. The van der Waals surface area contributed by atoms with Crippen molar-refractivity contribution in [2.24, 2.45) is 0 Å². The van der Waals surface area contributed by atoms with Crippen molar-refractivity contribution in [3.63, 3.8) is 0 Å². The number of allylic oxidation sites excluding steroid dienone is 3. The van der Waals surface area contributed by atoms with E-state index in [9.17, 15) is 19.4 Å². The maximum atomic E-state index is 12.8. The van der Waals surface area contributed by atoms with Crippen molar-refractivity contribution in [2.75, 3.05) is 40.9 Å². The Morgan fingerprint density at radius 2 is 1.02 bits per heavy atom. The number of nitrogens with one attached hydrogen (secondary N) is 1. The molecule has 0 bridgehead atoms. The van der Waals surface area contributed by atoms with Crippen LogP contribution in [0.15, 0.2) is 24.3 Å². The number of hydrogen-bond donors (Lipinski definition) is 3. The molecule has 314 valence electrons. The van der Waals surface area contributed by atoms with Gasteiger partial charge in [0.1, 0.15) is 13.2 Å². The van der Waals surface area contributed by atoms with E-state index in [2.05, 4.69) is 31.3 Å². The van der Waals surface area contributed by atoms with Crippen LogP contribution in [0.1, 0.15) is 200 Å². The van der Waals surface area contributed by atoms with Crippen LogP contribution < -0.4 is 5.32 Å². The summed E-state index contributed by atoms with van der Waals surface area (Å²) in [5.41, 5.74) is 0. The van der Waals surface area contributed by atoms with Crippen LogP contribution in [0.25, 0.3) is 0 Å². The van der Waals surface area contributed by atoms with Gasteiger partial charge in [0.05, 0.1) is 39.9 Å². The number of hydrogen-bond acceptors (Lipinski definition) is 5. The number of amides is 1. The molecular weight excluding hydrogens is 683 g/mol. The van der Waals surface area contributed by atoms with E-state index in [-0.39, 0.29) is 19.1 Å². The fourth-order valence-corrected chi connectivity index (χ4v) is 7.07. The molecule has 0 aliphatic rings. The summed E-state index contributed by atoms with van der Waals surface area (Å²) in [5.74, 6) is -0.182. The number of phosphoric ester groups is 1. The average Bonchev–Trinajstić information content (AvgIpc) is 3.10. The van der Waals surface area contributed by atoms with Crippen LogP contribution in [0, 0.1) is 0 Å². The van der Waals surface area contributed by atoms with E-state index in [1.54, 1.807) is 6.08 Å². The minimum Gasteiger partial charge on any atom is -0.387 e. The number of rotatable bonds is 40. The molecule has 8 nitrogen and oxygen atoms in total. The van der Waals surface area contributed by atoms with Gasteiger partial charge in [-0.15, -0.1) is 0 Å². The Morgan fingerprint density at radius 1 is 0.623 bits per heavy atom. The molecule has 1 amide bonds. The molecule has 0 rings (SSSR count). The minimum atomic E-state index is -4.33. The van der Waals surface area contributed by atoms with E-state index in [4.69, 9.17) is 9.05 Å². The fraction of sp³-hybridized carbons (Fsp3) is 0.886. The largest absolute Gasteiger partial charge is 0.472 e. The normalized spacial score (nSPS) is 14.6. The summed E-state index contributed by atoms with van der Waals surface area (Å²) >= 11 is 0. The number of likely N-dealkylation sites (N-methyl/N-ethyl adjacent to an activating group) is 1. The number of aliphatic hydroxyl groups excluding tert-OH is 1. The Morgan fingerprint density at radius 3 is 1.45 bits per heavy atom. The molecule has 0 aliphatic carbocycles. The molecule has 0 heterocycles. The molecule has 3 atom stereocenters. The molecule has 3 unspecified atom stereocenters. The van der Waals surface area contributed by atoms with Crippen LogP contribution in [0.2, 0.25) is 0 Å². The summed E-state index contributed by atoms with van der Waals surface area (Å²) < 4.78 is 23.5. The lowest BCUT2D eigenvalue weighted by Crippen LogP contribution is -2.45. The molecule has 0 fully saturated rings. The molecule has 0 saturated heterocycles. The summed E-state index contributed by atoms with van der Waals surface area (Å²) in [6.07, 6.45) is 42.4. The zero-order valence-corrected chi connectivity index (χ0v) is 36.4. The van der Waals surface area contributed by atoms with Gasteiger partial charge in [0.15, 0.2) is 0 Å². The number of nitrogens with zero attached hydrogens (tertiary/aromatic N) is 1. The molecular formula is C44H88N2O6P+. The highest BCUT2D eigenvalue weighted by molar-refractivity contribution is 7.47. The van der Waals surface area contributed by atoms with Crippen molar-refractivity contribution >= 4 is 13.7 Å². The fourth-order valence-electron chi connectivity index (χ4n) is 6.33. The van der Waals surface area contributed by atoms with E-state index >= 15 is 0 Å². The number of carbonyl (C=O) groups is 1. The molecule has 0 aromatic rings. The van der Waals surface area contributed by atoms with Crippen molar-refractivity contribution in [1.29, 1.82) is 0 Å². The summed E-state index contributed by atoms with van der Waals surface area (Å²) in [6, 6.07) is -0.844. The van der Waals surface area contributed by atoms with Gasteiger partial charge in [-0.25, -0.2) is 4.57 Å². The average molecular weight is 772 g/mol. The number of carbonyl (C=O) groups excluding carboxylic acids is 1. The quantitative estimate of drug-likeness (QED) is 0.0248. The predicted molar refractivity (Wildman–Crippen MR) is 226 cm³/mol. The first-order valence-electron chi connectivity index (χ1n) is 22.2. The molecule has 0 radical (unpaired) electrons. The number of aliphatic hydroxyl groups is 1. The van der Waals surface area contributed by atoms with Gasteiger partial charge in [-0.05, 0) is 44.9 Å². The molecule has 0 saturated carbocycles. The van der Waals surface area contributed by atoms with E-state index in [1.807, 2.05) is 27.2 Å². The van der Waals surface area contributed by atoms with Crippen molar-refractivity contribution in [3.8, 4) is 0 Å². The highest BCUT2D eigenvalue weighted by Gasteiger charge is 2.27. The molecule has 0 aromatic carbocycles. The van der Waals surface area contributed by atoms with Gasteiger partial charge in [-0.3, -0.25) is 13.8 Å². The Hall–Kier alpha value is -1.02. The molecule has 53 heavy (non-hydrogen) atoms. The zero-order chi connectivity index (χ0) is 39.3. The minimum absolute atomic E-state index is 0.0615. The third-order valence-corrected chi connectivity index (χ3v) is 10.9. The Balaban J connectivity index is 4.33. The second kappa shape index (κ2) is 36.6. The van der Waals surface area contributed by atoms with Gasteiger partial charge < -0.3 is 19.8 Å². The van der Waals surface area contributed by atoms with E-state index in [0.29, 0.717) is 17.4 Å². The first-order chi connectivity index (χ1) is 25.5. The monoisotopic (exact) mass is 772 g/mol. The van der Waals surface area contributed by atoms with Crippen molar-refractivity contribution in [2.45, 2.75) is 212 Å². The molecule has 3 N–H and O–H groups in total. The number of quaternary nitrogens is 1. The second-order valence-electron chi connectivity index (χ2n) is 16.4. The van der Waals surface area contributed by atoms with Gasteiger partial charge in [0, 0.05) is 6.42 Å². The molecule has 9 heteroatoms. The van der Waals surface area contributed by atoms with E-state index in [0.717, 1.165) is 38.5 Å². The standard InChI is InChI=1S/C44H87N2O6P/c1-6-8-10-12-14-16-18-19-20-21-22-23-24-25-26-28-30-32-34-36-38-44(48)45-42(41-52-53(49,50)51-40-39-46(3,4)5)43(47)37-35-33-31-29-27-17-15-13-11-9-7-2/h22-23,35,37,42-43,47H,6-21,24-34,36,38-41H2,1-5H3,(H-,45,48,49,50)/p+1/b23-22-,37-35+. The maximum Gasteiger partial charge on any atom is 0.472 e. The number of phosphoric acid groups is 1. The topological polar surface area (TPSA) is 105 Å². The maximum absolute atomic E-state index is 12.8. The van der Waals surface area contributed by atoms with Crippen molar-refractivity contribution in [1.82, 2.24) is 5.32 Å². The highest BCUT2D eigenvalue weighted by atomic mass is 31.2. The van der Waals surface area contributed by atoms with Crippen LogP contribution in [0.4, 0.5) is 0 Å². The van der Waals surface area contributed by atoms with Crippen LogP contribution in [0.3, 0.4) is 0 Å². The van der Waals surface area contributed by atoms with Crippen molar-refractivity contribution in [3.05, 3.63) is 24.3 Å². The molecule has 0 aromatic heterocycles. The van der Waals surface area contributed by atoms with Gasteiger partial charge in [0.25, 0.3) is 0 Å². The Kier molecular flexibility index (Phi) is 35.9. The van der Waals surface area contributed by atoms with Gasteiger partial charge in [0.2, 0.25) is 5.91 Å². The number of unbranched alkanes of at least 4 members (excludes halogenated alkanes) is 25. The smallest absolute Gasteiger partial charge is 0.387 e. The van der Waals surface area contributed by atoms with Gasteiger partial charge >= 0.3 is 7.82 Å². The highest BCUT2D eigenvalue weighted by Crippen LogP contribution is 2.43. The molecule has 0 aliphatic heterocycles. The lowest BCUT2D eigenvalue weighted by molar-refractivity contribution is -0.870. The van der Waals surface area contributed by atoms with Crippen LogP contribution >= 0.6 is 7.82 Å². The van der Waals surface area contributed by atoms with E-state index in [1.165, 1.54) is 141 Å². The Bertz CT molecular complexity index is 922. The van der Waals surface area contributed by atoms with Crippen LogP contribution in [-0.2, 0) is 18.4 Å². The SMILES string of the molecule is CCCCCCCCCCC/C=C\CCCCCCCCCC(=O)NC(COP(=O)(O)OCC[N+](C)(C)C)C(O)/C=C/CCCCCCCCCCC. The first kappa shape index (κ1) is 52.0. The third-order valence-electron chi connectivity index (χ3n) is 9.92. The lowest BCUT2D eigenvalue weighted by Gasteiger charge is -2.25.